The van der Waals surface area contributed by atoms with Crippen molar-refractivity contribution in [1.29, 1.82) is 0 Å². The molecule has 0 aromatic heterocycles. The second-order valence-corrected chi connectivity index (χ2v) is 6.38. The number of aromatic hydroxyl groups is 1. The maximum absolute atomic E-state index is 12.5. The van der Waals surface area contributed by atoms with Crippen molar-refractivity contribution in [1.82, 2.24) is 4.31 Å². The van der Waals surface area contributed by atoms with Gasteiger partial charge in [-0.3, -0.25) is 4.79 Å². The molecule has 0 amide bonds. The molecular weight excluding hydrogens is 284 g/mol. The molecule has 1 fully saturated rings. The van der Waals surface area contributed by atoms with E-state index in [4.69, 9.17) is 5.11 Å². The van der Waals surface area contributed by atoms with Gasteiger partial charge in [-0.15, -0.1) is 0 Å². The van der Waals surface area contributed by atoms with E-state index in [1.54, 1.807) is 0 Å². The second-order valence-electron chi connectivity index (χ2n) is 4.53. The molecule has 0 saturated carbocycles. The fraction of sp³-hybridized carbons (Fsp3) is 0.417. The zero-order valence-electron chi connectivity index (χ0n) is 10.8. The summed E-state index contributed by atoms with van der Waals surface area (Å²) in [5, 5.41) is 18.2. The molecular formula is C12H16N2O5S. The minimum absolute atomic E-state index is 0.0115. The number of phenols is 1. The van der Waals surface area contributed by atoms with Gasteiger partial charge in [0.2, 0.25) is 0 Å². The van der Waals surface area contributed by atoms with Crippen molar-refractivity contribution >= 4 is 21.9 Å². The molecule has 110 valence electrons. The van der Waals surface area contributed by atoms with Gasteiger partial charge < -0.3 is 10.2 Å². The lowest BCUT2D eigenvalue weighted by Gasteiger charge is -2.27. The molecule has 7 nitrogen and oxygen atoms in total. The number of benzene rings is 1. The largest absolute Gasteiger partial charge is 0.508 e. The average Bonchev–Trinajstić information content (AvgIpc) is 2.91. The summed E-state index contributed by atoms with van der Waals surface area (Å²) >= 11 is 0. The van der Waals surface area contributed by atoms with Crippen LogP contribution in [0.4, 0.5) is 5.69 Å². The van der Waals surface area contributed by atoms with Crippen LogP contribution in [-0.2, 0) is 15.0 Å². The molecule has 0 unspecified atom stereocenters. The van der Waals surface area contributed by atoms with Crippen molar-refractivity contribution in [2.45, 2.75) is 12.8 Å². The van der Waals surface area contributed by atoms with Crippen LogP contribution in [0.1, 0.15) is 12.8 Å². The zero-order valence-corrected chi connectivity index (χ0v) is 11.6. The fourth-order valence-corrected chi connectivity index (χ4v) is 3.77. The predicted molar refractivity (Wildman–Crippen MR) is 72.8 cm³/mol. The van der Waals surface area contributed by atoms with Gasteiger partial charge in [-0.1, -0.05) is 0 Å². The number of carbonyl (C=O) groups is 1. The molecule has 0 aliphatic carbocycles. The summed E-state index contributed by atoms with van der Waals surface area (Å²) in [6.45, 7) is 0.149. The van der Waals surface area contributed by atoms with Crippen LogP contribution in [0.3, 0.4) is 0 Å². The molecule has 1 aliphatic heterocycles. The summed E-state index contributed by atoms with van der Waals surface area (Å²) in [5.74, 6) is -1.25. The number of carboxylic acid groups (broad SMARTS) is 1. The number of aliphatic carboxylic acids is 1. The molecule has 8 heteroatoms. The number of nitrogens with zero attached hydrogens (tertiary/aromatic N) is 2. The first-order valence-corrected chi connectivity index (χ1v) is 7.59. The summed E-state index contributed by atoms with van der Waals surface area (Å²) in [4.78, 5) is 10.9. The van der Waals surface area contributed by atoms with E-state index in [0.717, 1.165) is 17.1 Å². The minimum atomic E-state index is -3.86. The number of hydrogen-bond acceptors (Lipinski definition) is 4. The van der Waals surface area contributed by atoms with E-state index >= 15 is 0 Å². The van der Waals surface area contributed by atoms with E-state index in [-0.39, 0.29) is 11.4 Å². The van der Waals surface area contributed by atoms with Crippen molar-refractivity contribution in [3.8, 4) is 5.75 Å². The Labute approximate surface area is 117 Å². The highest BCUT2D eigenvalue weighted by Gasteiger charge is 2.33. The summed E-state index contributed by atoms with van der Waals surface area (Å²) in [6.07, 6.45) is 1.55. The van der Waals surface area contributed by atoms with Crippen molar-refractivity contribution in [3.63, 3.8) is 0 Å². The molecule has 1 aromatic rings. The van der Waals surface area contributed by atoms with Gasteiger partial charge in [0.15, 0.2) is 0 Å². The summed E-state index contributed by atoms with van der Waals surface area (Å²) in [7, 11) is -3.86. The third-order valence-corrected chi connectivity index (χ3v) is 5.00. The minimum Gasteiger partial charge on any atom is -0.508 e. The quantitative estimate of drug-likeness (QED) is 0.831. The molecule has 1 saturated heterocycles. The topological polar surface area (TPSA) is 98.1 Å². The van der Waals surface area contributed by atoms with Crippen LogP contribution in [0.15, 0.2) is 24.3 Å². The first kappa shape index (κ1) is 14.6. The predicted octanol–water partition coefficient (Wildman–Crippen LogP) is 0.624. The van der Waals surface area contributed by atoms with Crippen LogP contribution in [0.2, 0.25) is 0 Å². The van der Waals surface area contributed by atoms with E-state index in [0.29, 0.717) is 13.1 Å². The van der Waals surface area contributed by atoms with Gasteiger partial charge in [0.05, 0.1) is 5.69 Å². The Balaban J connectivity index is 2.36. The van der Waals surface area contributed by atoms with E-state index in [2.05, 4.69) is 0 Å². The van der Waals surface area contributed by atoms with Gasteiger partial charge in [0.1, 0.15) is 12.3 Å². The third-order valence-electron chi connectivity index (χ3n) is 3.09. The highest BCUT2D eigenvalue weighted by Crippen LogP contribution is 2.24. The summed E-state index contributed by atoms with van der Waals surface area (Å²) in [6, 6.07) is 5.41. The van der Waals surface area contributed by atoms with Gasteiger partial charge >= 0.3 is 16.2 Å². The van der Waals surface area contributed by atoms with E-state index < -0.39 is 22.7 Å². The zero-order chi connectivity index (χ0) is 14.8. The van der Waals surface area contributed by atoms with Gasteiger partial charge in [-0.05, 0) is 37.1 Å². The van der Waals surface area contributed by atoms with Crippen molar-refractivity contribution < 1.29 is 23.4 Å². The standard InChI is InChI=1S/C12H16N2O5S/c15-11-5-3-10(4-6-11)14(9-12(16)17)20(18,19)13-7-1-2-8-13/h3-6,15H,1-2,7-9H2,(H,16,17). The molecule has 0 atom stereocenters. The highest BCUT2D eigenvalue weighted by atomic mass is 32.2. The highest BCUT2D eigenvalue weighted by molar-refractivity contribution is 7.90. The molecule has 2 N–H and O–H groups in total. The van der Waals surface area contributed by atoms with Crippen molar-refractivity contribution in [2.75, 3.05) is 23.9 Å². The number of phenolic OH excluding ortho intramolecular Hbond substituents is 1. The van der Waals surface area contributed by atoms with Crippen LogP contribution < -0.4 is 4.31 Å². The lowest BCUT2D eigenvalue weighted by Crippen LogP contribution is -2.45. The normalized spacial score (nSPS) is 16.2. The number of carboxylic acids is 1. The van der Waals surface area contributed by atoms with Crippen LogP contribution in [0, 0.1) is 0 Å². The van der Waals surface area contributed by atoms with Gasteiger partial charge in [-0.25, -0.2) is 4.31 Å². The Morgan fingerprint density at radius 3 is 2.25 bits per heavy atom. The average molecular weight is 300 g/mol. The third kappa shape index (κ3) is 3.02. The Kier molecular flexibility index (Phi) is 4.15. The second kappa shape index (κ2) is 5.68. The lowest BCUT2D eigenvalue weighted by molar-refractivity contribution is -0.135. The molecule has 1 heterocycles. The Morgan fingerprint density at radius 1 is 1.20 bits per heavy atom. The molecule has 20 heavy (non-hydrogen) atoms. The number of rotatable bonds is 5. The van der Waals surface area contributed by atoms with Crippen LogP contribution in [-0.4, -0.2) is 48.5 Å². The number of hydrogen-bond donors (Lipinski definition) is 2. The monoisotopic (exact) mass is 300 g/mol. The van der Waals surface area contributed by atoms with Crippen LogP contribution in [0.25, 0.3) is 0 Å². The van der Waals surface area contributed by atoms with Crippen LogP contribution >= 0.6 is 0 Å². The van der Waals surface area contributed by atoms with Gasteiger partial charge in [-0.2, -0.15) is 12.7 Å². The molecule has 0 radical (unpaired) electrons. The Morgan fingerprint density at radius 2 is 1.75 bits per heavy atom. The van der Waals surface area contributed by atoms with Crippen molar-refractivity contribution in [3.05, 3.63) is 24.3 Å². The summed E-state index contributed by atoms with van der Waals surface area (Å²) < 4.78 is 27.1. The molecule has 2 rings (SSSR count). The first-order chi connectivity index (χ1) is 9.41. The maximum Gasteiger partial charge on any atom is 0.324 e. The smallest absolute Gasteiger partial charge is 0.324 e. The van der Waals surface area contributed by atoms with E-state index in [1.165, 1.54) is 28.6 Å². The Hall–Kier alpha value is -1.80. The first-order valence-electron chi connectivity index (χ1n) is 6.20. The fourth-order valence-electron chi connectivity index (χ4n) is 2.11. The lowest BCUT2D eigenvalue weighted by atomic mass is 10.3. The number of anilines is 1. The molecule has 0 spiro atoms. The molecule has 1 aliphatic rings. The Bertz CT molecular complexity index is 578. The van der Waals surface area contributed by atoms with E-state index in [1.807, 2.05) is 0 Å². The maximum atomic E-state index is 12.5. The SMILES string of the molecule is O=C(O)CN(c1ccc(O)cc1)S(=O)(=O)N1CCCC1. The molecule has 0 bridgehead atoms. The summed E-state index contributed by atoms with van der Waals surface area (Å²) in [5.41, 5.74) is 0.220. The van der Waals surface area contributed by atoms with Gasteiger partial charge in [0.25, 0.3) is 0 Å². The van der Waals surface area contributed by atoms with E-state index in [9.17, 15) is 18.3 Å². The molecule has 1 aromatic carbocycles. The van der Waals surface area contributed by atoms with Crippen molar-refractivity contribution in [2.24, 2.45) is 0 Å². The van der Waals surface area contributed by atoms with Gasteiger partial charge in [0, 0.05) is 13.1 Å². The van der Waals surface area contributed by atoms with Crippen LogP contribution in [0.5, 0.6) is 5.75 Å².